The first-order chi connectivity index (χ1) is 15.7. The van der Waals surface area contributed by atoms with Crippen molar-refractivity contribution in [3.05, 3.63) is 35.4 Å². The summed E-state index contributed by atoms with van der Waals surface area (Å²) in [6.45, 7) is 4.48. The lowest BCUT2D eigenvalue weighted by Crippen LogP contribution is -2.48. The third-order valence-electron chi connectivity index (χ3n) is 5.64. The molecule has 178 valence electrons. The SMILES string of the molecule is CC(=O)N1CCN(c2cc(C(F)(F)F)nc(SCc3ccc(C(=O)N4CCCC4)o3)n2)CC1. The molecule has 0 spiro atoms. The van der Waals surface area contributed by atoms with Crippen molar-refractivity contribution in [3.8, 4) is 0 Å². The fourth-order valence-corrected chi connectivity index (χ4v) is 4.56. The lowest BCUT2D eigenvalue weighted by atomic mass is 10.3. The first-order valence-electron chi connectivity index (χ1n) is 10.7. The van der Waals surface area contributed by atoms with Crippen LogP contribution in [0.2, 0.25) is 0 Å². The fraction of sp³-hybridized carbons (Fsp3) is 0.524. The van der Waals surface area contributed by atoms with E-state index in [-0.39, 0.29) is 34.3 Å². The number of nitrogens with zero attached hydrogens (tertiary/aromatic N) is 5. The molecule has 12 heteroatoms. The Hall–Kier alpha value is -2.76. The molecule has 0 atom stereocenters. The van der Waals surface area contributed by atoms with Gasteiger partial charge in [-0.25, -0.2) is 9.97 Å². The summed E-state index contributed by atoms with van der Waals surface area (Å²) in [5.41, 5.74) is -1.02. The molecule has 2 aliphatic rings. The zero-order valence-corrected chi connectivity index (χ0v) is 18.9. The fourth-order valence-electron chi connectivity index (χ4n) is 3.82. The van der Waals surface area contributed by atoms with Crippen LogP contribution in [0.5, 0.6) is 0 Å². The predicted octanol–water partition coefficient (Wildman–Crippen LogP) is 3.29. The van der Waals surface area contributed by atoms with Crippen molar-refractivity contribution in [2.24, 2.45) is 0 Å². The second kappa shape index (κ2) is 9.62. The second-order valence-electron chi connectivity index (χ2n) is 7.94. The smallest absolute Gasteiger partial charge is 0.433 e. The monoisotopic (exact) mass is 483 g/mol. The average molecular weight is 484 g/mol. The van der Waals surface area contributed by atoms with Gasteiger partial charge in [-0.3, -0.25) is 9.59 Å². The van der Waals surface area contributed by atoms with E-state index in [1.54, 1.807) is 26.8 Å². The number of halogens is 3. The molecule has 33 heavy (non-hydrogen) atoms. The van der Waals surface area contributed by atoms with E-state index < -0.39 is 11.9 Å². The molecule has 2 saturated heterocycles. The van der Waals surface area contributed by atoms with Gasteiger partial charge in [-0.15, -0.1) is 0 Å². The second-order valence-corrected chi connectivity index (χ2v) is 8.88. The summed E-state index contributed by atoms with van der Waals surface area (Å²) in [5.74, 6) is 0.803. The number of furan rings is 1. The van der Waals surface area contributed by atoms with E-state index in [0.29, 0.717) is 45.0 Å². The molecule has 2 aromatic rings. The molecule has 0 bridgehead atoms. The van der Waals surface area contributed by atoms with Crippen molar-refractivity contribution in [2.75, 3.05) is 44.2 Å². The summed E-state index contributed by atoms with van der Waals surface area (Å²) in [7, 11) is 0. The molecule has 2 amide bonds. The van der Waals surface area contributed by atoms with Gasteiger partial charge in [0.25, 0.3) is 5.91 Å². The van der Waals surface area contributed by atoms with Crippen LogP contribution in [-0.2, 0) is 16.7 Å². The quantitative estimate of drug-likeness (QED) is 0.477. The van der Waals surface area contributed by atoms with Gasteiger partial charge in [0.05, 0.1) is 5.75 Å². The highest BCUT2D eigenvalue weighted by Gasteiger charge is 2.35. The highest BCUT2D eigenvalue weighted by Crippen LogP contribution is 2.32. The Morgan fingerprint density at radius 3 is 2.36 bits per heavy atom. The first kappa shape index (κ1) is 23.4. The summed E-state index contributed by atoms with van der Waals surface area (Å²) in [6, 6.07) is 4.17. The van der Waals surface area contributed by atoms with E-state index in [1.807, 2.05) is 0 Å². The standard InChI is InChI=1S/C21H24F3N5O3S/c1-14(30)27-8-10-28(11-9-27)18-12-17(21(22,23)24)25-20(26-18)33-13-15-4-5-16(32-15)19(31)29-6-2-3-7-29/h4-5,12H,2-3,6-11,13H2,1H3. The number of piperazine rings is 1. The number of rotatable bonds is 5. The number of anilines is 1. The lowest BCUT2D eigenvalue weighted by molar-refractivity contribution is -0.141. The number of thioether (sulfide) groups is 1. The zero-order valence-electron chi connectivity index (χ0n) is 18.1. The van der Waals surface area contributed by atoms with Crippen LogP contribution in [0.1, 0.15) is 41.8 Å². The maximum Gasteiger partial charge on any atom is 0.433 e. The Morgan fingerprint density at radius 2 is 1.73 bits per heavy atom. The van der Waals surface area contributed by atoms with Gasteiger partial charge in [0.2, 0.25) is 5.91 Å². The highest BCUT2D eigenvalue weighted by molar-refractivity contribution is 7.98. The van der Waals surface area contributed by atoms with Gasteiger partial charge < -0.3 is 19.1 Å². The summed E-state index contributed by atoms with van der Waals surface area (Å²) >= 11 is 1.01. The number of aromatic nitrogens is 2. The third kappa shape index (κ3) is 5.60. The van der Waals surface area contributed by atoms with E-state index in [4.69, 9.17) is 4.42 Å². The minimum Gasteiger partial charge on any atom is -0.455 e. The van der Waals surface area contributed by atoms with E-state index >= 15 is 0 Å². The molecule has 2 fully saturated rings. The van der Waals surface area contributed by atoms with E-state index in [2.05, 4.69) is 9.97 Å². The number of hydrogen-bond acceptors (Lipinski definition) is 7. The lowest BCUT2D eigenvalue weighted by Gasteiger charge is -2.35. The third-order valence-corrected chi connectivity index (χ3v) is 6.51. The summed E-state index contributed by atoms with van der Waals surface area (Å²) < 4.78 is 46.0. The molecule has 0 aliphatic carbocycles. The number of carbonyl (C=O) groups excluding carboxylic acids is 2. The molecular formula is C21H24F3N5O3S. The highest BCUT2D eigenvalue weighted by atomic mass is 32.2. The van der Waals surface area contributed by atoms with Crippen LogP contribution in [0.3, 0.4) is 0 Å². The minimum atomic E-state index is -4.62. The van der Waals surface area contributed by atoms with Crippen molar-refractivity contribution in [1.82, 2.24) is 19.8 Å². The molecule has 8 nitrogen and oxygen atoms in total. The van der Waals surface area contributed by atoms with Crippen LogP contribution in [0.15, 0.2) is 27.8 Å². The van der Waals surface area contributed by atoms with Crippen LogP contribution < -0.4 is 4.90 Å². The molecule has 0 N–H and O–H groups in total. The molecule has 2 aliphatic heterocycles. The molecule has 0 radical (unpaired) electrons. The Labute approximate surface area is 193 Å². The van der Waals surface area contributed by atoms with Gasteiger partial charge in [-0.1, -0.05) is 11.8 Å². The maximum absolute atomic E-state index is 13.5. The molecule has 4 heterocycles. The maximum atomic E-state index is 13.5. The van der Waals surface area contributed by atoms with Crippen molar-refractivity contribution in [3.63, 3.8) is 0 Å². The Kier molecular flexibility index (Phi) is 6.82. The Balaban J connectivity index is 1.46. The normalized spacial score (nSPS) is 17.0. The molecule has 0 unspecified atom stereocenters. The first-order valence-corrected chi connectivity index (χ1v) is 11.7. The van der Waals surface area contributed by atoms with Gasteiger partial charge in [0, 0.05) is 52.3 Å². The Morgan fingerprint density at radius 1 is 1.03 bits per heavy atom. The van der Waals surface area contributed by atoms with Crippen LogP contribution in [0, 0.1) is 0 Å². The number of carbonyl (C=O) groups is 2. The van der Waals surface area contributed by atoms with E-state index in [0.717, 1.165) is 30.7 Å². The molecule has 4 rings (SSSR count). The summed E-state index contributed by atoms with van der Waals surface area (Å²) in [5, 5.41) is -0.0300. The number of amides is 2. The Bertz CT molecular complexity index is 1010. The van der Waals surface area contributed by atoms with Gasteiger partial charge in [0.1, 0.15) is 11.6 Å². The van der Waals surface area contributed by atoms with Crippen molar-refractivity contribution < 1.29 is 27.2 Å². The number of hydrogen-bond donors (Lipinski definition) is 0. The van der Waals surface area contributed by atoms with Crippen LogP contribution in [0.25, 0.3) is 0 Å². The number of likely N-dealkylation sites (tertiary alicyclic amines) is 1. The molecule has 0 aromatic carbocycles. The van der Waals surface area contributed by atoms with Gasteiger partial charge in [0.15, 0.2) is 16.6 Å². The molecular weight excluding hydrogens is 459 g/mol. The minimum absolute atomic E-state index is 0.0300. The van der Waals surface area contributed by atoms with Crippen LogP contribution in [0.4, 0.5) is 19.0 Å². The van der Waals surface area contributed by atoms with Crippen molar-refractivity contribution in [2.45, 2.75) is 36.9 Å². The van der Waals surface area contributed by atoms with Gasteiger partial charge in [-0.2, -0.15) is 13.2 Å². The molecule has 0 saturated carbocycles. The van der Waals surface area contributed by atoms with Gasteiger partial charge in [-0.05, 0) is 25.0 Å². The van der Waals surface area contributed by atoms with E-state index in [1.165, 1.54) is 6.92 Å². The topological polar surface area (TPSA) is 82.8 Å². The van der Waals surface area contributed by atoms with Crippen LogP contribution >= 0.6 is 11.8 Å². The van der Waals surface area contributed by atoms with Crippen LogP contribution in [-0.4, -0.2) is 70.9 Å². The van der Waals surface area contributed by atoms with Crippen molar-refractivity contribution in [1.29, 1.82) is 0 Å². The predicted molar refractivity (Wildman–Crippen MR) is 115 cm³/mol. The van der Waals surface area contributed by atoms with Gasteiger partial charge >= 0.3 is 6.18 Å². The van der Waals surface area contributed by atoms with Crippen molar-refractivity contribution >= 4 is 29.4 Å². The molecule has 2 aromatic heterocycles. The van der Waals surface area contributed by atoms with E-state index in [9.17, 15) is 22.8 Å². The summed E-state index contributed by atoms with van der Waals surface area (Å²) in [4.78, 5) is 37.0. The largest absolute Gasteiger partial charge is 0.455 e. The zero-order chi connectivity index (χ0) is 23.6. The number of alkyl halides is 3. The average Bonchev–Trinajstić information content (AvgIpc) is 3.49. The summed E-state index contributed by atoms with van der Waals surface area (Å²) in [6.07, 6.45) is -2.68.